The summed E-state index contributed by atoms with van der Waals surface area (Å²) in [6.07, 6.45) is 4.18. The highest BCUT2D eigenvalue weighted by Crippen LogP contribution is 2.32. The summed E-state index contributed by atoms with van der Waals surface area (Å²) in [6, 6.07) is 13.7. The molecule has 24 heavy (non-hydrogen) atoms. The van der Waals surface area contributed by atoms with Crippen molar-refractivity contribution in [2.75, 3.05) is 6.26 Å². The molecule has 0 saturated carbocycles. The van der Waals surface area contributed by atoms with Gasteiger partial charge in [-0.05, 0) is 55.5 Å². The van der Waals surface area contributed by atoms with Crippen LogP contribution in [0, 0.1) is 0 Å². The molecule has 0 bridgehead atoms. The van der Waals surface area contributed by atoms with Crippen LogP contribution in [0.5, 0.6) is 11.5 Å². The highest BCUT2D eigenvalue weighted by molar-refractivity contribution is 7.98. The van der Waals surface area contributed by atoms with Crippen LogP contribution in [-0.2, 0) is 6.42 Å². The fourth-order valence-corrected chi connectivity index (χ4v) is 3.14. The number of nitrogens with zero attached hydrogens (tertiary/aromatic N) is 2. The molecule has 2 aromatic rings. The predicted molar refractivity (Wildman–Crippen MR) is 102 cm³/mol. The summed E-state index contributed by atoms with van der Waals surface area (Å²) in [5, 5.41) is 8.66. The Kier molecular flexibility index (Phi) is 5.43. The second kappa shape index (κ2) is 7.73. The van der Waals surface area contributed by atoms with E-state index >= 15 is 0 Å². The van der Waals surface area contributed by atoms with Crippen LogP contribution in [0.1, 0.15) is 18.4 Å². The molecule has 0 atom stereocenters. The SMILES string of the molecule is CSc1ccc(Oc2cccc(Cl)c2CCC2=NN=C(N)C2)cc1. The Balaban J connectivity index is 1.74. The minimum Gasteiger partial charge on any atom is -0.457 e. The van der Waals surface area contributed by atoms with Crippen LogP contribution < -0.4 is 10.5 Å². The van der Waals surface area contributed by atoms with Crippen LogP contribution in [0.3, 0.4) is 0 Å². The summed E-state index contributed by atoms with van der Waals surface area (Å²) in [5.74, 6) is 2.13. The van der Waals surface area contributed by atoms with Crippen molar-refractivity contribution in [2.24, 2.45) is 15.9 Å². The predicted octanol–water partition coefficient (Wildman–Crippen LogP) is 4.90. The van der Waals surface area contributed by atoms with Crippen molar-refractivity contribution >= 4 is 34.9 Å². The highest BCUT2D eigenvalue weighted by Gasteiger charge is 2.14. The Morgan fingerprint density at radius 1 is 1.12 bits per heavy atom. The fraction of sp³-hybridized carbons (Fsp3) is 0.222. The second-order valence-electron chi connectivity index (χ2n) is 5.43. The monoisotopic (exact) mass is 359 g/mol. The minimum atomic E-state index is 0.564. The summed E-state index contributed by atoms with van der Waals surface area (Å²) < 4.78 is 6.04. The van der Waals surface area contributed by atoms with Crippen molar-refractivity contribution < 1.29 is 4.74 Å². The van der Waals surface area contributed by atoms with Gasteiger partial charge < -0.3 is 10.5 Å². The first-order valence-corrected chi connectivity index (χ1v) is 9.23. The van der Waals surface area contributed by atoms with E-state index in [1.807, 2.05) is 48.7 Å². The molecule has 0 amide bonds. The van der Waals surface area contributed by atoms with E-state index in [2.05, 4.69) is 10.2 Å². The van der Waals surface area contributed by atoms with Crippen molar-refractivity contribution in [3.05, 3.63) is 53.1 Å². The summed E-state index contributed by atoms with van der Waals surface area (Å²) in [6.45, 7) is 0. The molecule has 0 fully saturated rings. The normalized spacial score (nSPS) is 13.6. The highest BCUT2D eigenvalue weighted by atomic mass is 35.5. The molecular weight excluding hydrogens is 342 g/mol. The quantitative estimate of drug-likeness (QED) is 0.746. The number of thioether (sulfide) groups is 1. The first kappa shape index (κ1) is 16.9. The van der Waals surface area contributed by atoms with Crippen LogP contribution >= 0.6 is 23.4 Å². The third-order valence-corrected chi connectivity index (χ3v) is 4.83. The van der Waals surface area contributed by atoms with Crippen LogP contribution in [0.2, 0.25) is 5.02 Å². The van der Waals surface area contributed by atoms with Crippen LogP contribution in [0.15, 0.2) is 57.6 Å². The van der Waals surface area contributed by atoms with Gasteiger partial charge in [0.2, 0.25) is 0 Å². The topological polar surface area (TPSA) is 60.0 Å². The van der Waals surface area contributed by atoms with Crippen molar-refractivity contribution in [2.45, 2.75) is 24.2 Å². The van der Waals surface area contributed by atoms with Crippen molar-refractivity contribution in [3.8, 4) is 11.5 Å². The molecule has 1 aliphatic heterocycles. The molecule has 3 rings (SSSR count). The molecule has 0 radical (unpaired) electrons. The molecular formula is C18H18ClN3OS. The van der Waals surface area contributed by atoms with E-state index in [0.29, 0.717) is 17.3 Å². The number of hydrogen-bond donors (Lipinski definition) is 1. The molecule has 6 heteroatoms. The molecule has 2 aromatic carbocycles. The van der Waals surface area contributed by atoms with Crippen molar-refractivity contribution in [3.63, 3.8) is 0 Å². The number of halogens is 1. The standard InChI is InChI=1S/C18H18ClN3OS/c1-24-14-8-6-13(7-9-14)23-17-4-2-3-16(19)15(17)10-5-12-11-18(20)22-21-12/h2-4,6-9H,5,10-11H2,1H3,(H2,20,22). The van der Waals surface area contributed by atoms with Crippen molar-refractivity contribution in [1.29, 1.82) is 0 Å². The van der Waals surface area contributed by atoms with Gasteiger partial charge in [-0.2, -0.15) is 5.10 Å². The summed E-state index contributed by atoms with van der Waals surface area (Å²) in [4.78, 5) is 1.20. The third-order valence-electron chi connectivity index (χ3n) is 3.73. The van der Waals surface area contributed by atoms with E-state index in [1.54, 1.807) is 11.8 Å². The number of ether oxygens (including phenoxy) is 1. The van der Waals surface area contributed by atoms with Crippen LogP contribution in [0.4, 0.5) is 0 Å². The molecule has 1 aliphatic rings. The zero-order valence-corrected chi connectivity index (χ0v) is 14.9. The lowest BCUT2D eigenvalue weighted by Crippen LogP contribution is -2.12. The van der Waals surface area contributed by atoms with E-state index < -0.39 is 0 Å². The smallest absolute Gasteiger partial charge is 0.132 e. The Morgan fingerprint density at radius 2 is 1.92 bits per heavy atom. The number of hydrogen-bond acceptors (Lipinski definition) is 5. The molecule has 4 nitrogen and oxygen atoms in total. The zero-order valence-electron chi connectivity index (χ0n) is 13.3. The van der Waals surface area contributed by atoms with Crippen LogP contribution in [0.25, 0.3) is 0 Å². The molecule has 0 unspecified atom stereocenters. The second-order valence-corrected chi connectivity index (χ2v) is 6.72. The van der Waals surface area contributed by atoms with Gasteiger partial charge in [0.25, 0.3) is 0 Å². The maximum Gasteiger partial charge on any atom is 0.132 e. The van der Waals surface area contributed by atoms with E-state index in [1.165, 1.54) is 4.90 Å². The zero-order chi connectivity index (χ0) is 16.9. The Labute approximate surface area is 150 Å². The number of amidine groups is 1. The summed E-state index contributed by atoms with van der Waals surface area (Å²) in [7, 11) is 0. The minimum absolute atomic E-state index is 0.564. The molecule has 124 valence electrons. The Hall–Kier alpha value is -1.98. The van der Waals surface area contributed by atoms with E-state index in [4.69, 9.17) is 22.1 Å². The average Bonchev–Trinajstić information content (AvgIpc) is 3.00. The molecule has 0 spiro atoms. The van der Waals surface area contributed by atoms with Crippen LogP contribution in [-0.4, -0.2) is 17.8 Å². The molecule has 1 heterocycles. The van der Waals surface area contributed by atoms with Gasteiger partial charge in [0.1, 0.15) is 17.3 Å². The molecule has 0 saturated heterocycles. The lowest BCUT2D eigenvalue weighted by molar-refractivity contribution is 0.476. The summed E-state index contributed by atoms with van der Waals surface area (Å²) in [5.41, 5.74) is 7.61. The lowest BCUT2D eigenvalue weighted by Gasteiger charge is -2.13. The van der Waals surface area contributed by atoms with Gasteiger partial charge in [-0.25, -0.2) is 0 Å². The average molecular weight is 360 g/mol. The first-order valence-electron chi connectivity index (χ1n) is 7.63. The first-order chi connectivity index (χ1) is 11.7. The number of nitrogens with two attached hydrogens (primary N) is 1. The number of benzene rings is 2. The van der Waals surface area contributed by atoms with Gasteiger partial charge in [0.05, 0.1) is 0 Å². The maximum atomic E-state index is 6.38. The maximum absolute atomic E-state index is 6.38. The lowest BCUT2D eigenvalue weighted by atomic mass is 10.0. The van der Waals surface area contributed by atoms with Gasteiger partial charge in [-0.15, -0.1) is 16.9 Å². The fourth-order valence-electron chi connectivity index (χ4n) is 2.47. The van der Waals surface area contributed by atoms with Gasteiger partial charge >= 0.3 is 0 Å². The molecule has 0 aliphatic carbocycles. The molecule has 0 aromatic heterocycles. The van der Waals surface area contributed by atoms with E-state index in [9.17, 15) is 0 Å². The van der Waals surface area contributed by atoms with Gasteiger partial charge in [-0.1, -0.05) is 17.7 Å². The molecule has 2 N–H and O–H groups in total. The van der Waals surface area contributed by atoms with E-state index in [0.717, 1.165) is 35.6 Å². The van der Waals surface area contributed by atoms with Gasteiger partial charge in [0.15, 0.2) is 0 Å². The Bertz CT molecular complexity index is 787. The third kappa shape index (κ3) is 4.10. The van der Waals surface area contributed by atoms with Gasteiger partial charge in [0, 0.05) is 27.6 Å². The Morgan fingerprint density at radius 3 is 2.58 bits per heavy atom. The number of rotatable bonds is 6. The largest absolute Gasteiger partial charge is 0.457 e. The summed E-state index contributed by atoms with van der Waals surface area (Å²) >= 11 is 8.08. The van der Waals surface area contributed by atoms with E-state index in [-0.39, 0.29) is 0 Å². The van der Waals surface area contributed by atoms with Gasteiger partial charge in [-0.3, -0.25) is 0 Å². The van der Waals surface area contributed by atoms with Crippen molar-refractivity contribution in [1.82, 2.24) is 0 Å².